The molecule has 0 unspecified atom stereocenters. The van der Waals surface area contributed by atoms with Crippen LogP contribution >= 0.6 is 0 Å². The Kier molecular flexibility index (Phi) is 13.7. The molecule has 0 radical (unpaired) electrons. The minimum atomic E-state index is -1.09. The summed E-state index contributed by atoms with van der Waals surface area (Å²) in [6.07, 6.45) is 4.48. The first-order valence-corrected chi connectivity index (χ1v) is 18.9. The number of likely N-dealkylation sites (N-methyl/N-ethyl adjacent to an activating group) is 1. The summed E-state index contributed by atoms with van der Waals surface area (Å²) < 4.78 is 11.4. The first-order chi connectivity index (χ1) is 25.4. The molecule has 4 N–H and O–H groups in total. The van der Waals surface area contributed by atoms with Gasteiger partial charge in [0.25, 0.3) is 0 Å². The molecule has 6 rings (SSSR count). The molecule has 1 saturated carbocycles. The maximum atomic E-state index is 14.2. The molecular formula is C40H56N6O7. The molecule has 2 aromatic carbocycles. The topological polar surface area (TPSA) is 158 Å². The number of rotatable bonds is 9. The Balaban J connectivity index is 1.46. The van der Waals surface area contributed by atoms with Crippen LogP contribution in [0.25, 0.3) is 0 Å². The summed E-state index contributed by atoms with van der Waals surface area (Å²) in [4.78, 5) is 72.5. The van der Waals surface area contributed by atoms with Crippen molar-refractivity contribution in [3.8, 4) is 11.5 Å². The summed E-state index contributed by atoms with van der Waals surface area (Å²) in [6, 6.07) is 10.8. The van der Waals surface area contributed by atoms with Crippen LogP contribution < -0.4 is 30.7 Å². The van der Waals surface area contributed by atoms with Crippen LogP contribution in [0, 0.1) is 11.8 Å². The van der Waals surface area contributed by atoms with Crippen molar-refractivity contribution < 1.29 is 33.4 Å². The lowest BCUT2D eigenvalue weighted by Crippen LogP contribution is -2.59. The summed E-state index contributed by atoms with van der Waals surface area (Å²) in [5, 5.41) is 11.8. The predicted octanol–water partition coefficient (Wildman–Crippen LogP) is 2.21. The van der Waals surface area contributed by atoms with Crippen molar-refractivity contribution in [1.82, 2.24) is 31.1 Å². The highest BCUT2D eigenvalue weighted by Gasteiger charge is 2.35. The summed E-state index contributed by atoms with van der Waals surface area (Å²) in [5.41, 5.74) is 1.54. The second-order valence-corrected chi connectivity index (χ2v) is 15.3. The van der Waals surface area contributed by atoms with E-state index in [-0.39, 0.29) is 61.7 Å². The zero-order valence-corrected chi connectivity index (χ0v) is 31.7. The van der Waals surface area contributed by atoms with Crippen molar-refractivity contribution >= 4 is 29.5 Å². The van der Waals surface area contributed by atoms with Crippen molar-refractivity contribution in [3.63, 3.8) is 0 Å². The Morgan fingerprint density at radius 2 is 1.68 bits per heavy atom. The molecule has 1 saturated heterocycles. The lowest BCUT2D eigenvalue weighted by atomic mass is 10.0. The number of hydrogen-bond donors (Lipinski definition) is 4. The van der Waals surface area contributed by atoms with E-state index in [0.29, 0.717) is 36.8 Å². The van der Waals surface area contributed by atoms with Crippen molar-refractivity contribution in [1.29, 1.82) is 0 Å². The number of hydrogen-bond acceptors (Lipinski definition) is 8. The number of nitrogens with zero attached hydrogens (tertiary/aromatic N) is 2. The minimum Gasteiger partial charge on any atom is -0.497 e. The van der Waals surface area contributed by atoms with Crippen LogP contribution in [-0.4, -0.2) is 110 Å². The van der Waals surface area contributed by atoms with Gasteiger partial charge in [0.15, 0.2) is 0 Å². The number of carbonyl (C=O) groups excluding carboxylic acids is 5. The Morgan fingerprint density at radius 3 is 2.30 bits per heavy atom. The van der Waals surface area contributed by atoms with Gasteiger partial charge in [0, 0.05) is 19.4 Å². The third-order valence-corrected chi connectivity index (χ3v) is 10.2. The van der Waals surface area contributed by atoms with E-state index in [1.165, 1.54) is 4.90 Å². The van der Waals surface area contributed by atoms with E-state index >= 15 is 0 Å². The molecule has 3 aliphatic heterocycles. The van der Waals surface area contributed by atoms with Crippen LogP contribution in [0.1, 0.15) is 64.0 Å². The fraction of sp³-hybridized carbons (Fsp3) is 0.575. The molecule has 4 aliphatic rings. The van der Waals surface area contributed by atoms with E-state index in [1.54, 1.807) is 38.3 Å². The van der Waals surface area contributed by atoms with Gasteiger partial charge in [0.1, 0.15) is 36.2 Å². The highest BCUT2D eigenvalue weighted by atomic mass is 16.5. The number of amides is 5. The molecule has 1 aliphatic carbocycles. The zero-order valence-electron chi connectivity index (χ0n) is 31.7. The highest BCUT2D eigenvalue weighted by molar-refractivity contribution is 5.95. The first-order valence-electron chi connectivity index (χ1n) is 18.9. The van der Waals surface area contributed by atoms with Crippen LogP contribution in [0.2, 0.25) is 0 Å². The molecule has 2 fully saturated rings. The van der Waals surface area contributed by atoms with Gasteiger partial charge >= 0.3 is 0 Å². The lowest BCUT2D eigenvalue weighted by Gasteiger charge is -2.29. The number of carbonyl (C=O) groups is 5. The molecule has 5 atom stereocenters. The Bertz CT molecular complexity index is 1580. The molecule has 3 heterocycles. The summed E-state index contributed by atoms with van der Waals surface area (Å²) in [6.45, 7) is 7.02. The monoisotopic (exact) mass is 732 g/mol. The first kappa shape index (κ1) is 39.6. The van der Waals surface area contributed by atoms with Crippen molar-refractivity contribution in [3.05, 3.63) is 59.7 Å². The highest BCUT2D eigenvalue weighted by Crippen LogP contribution is 2.30. The van der Waals surface area contributed by atoms with Crippen molar-refractivity contribution in [2.24, 2.45) is 11.8 Å². The van der Waals surface area contributed by atoms with Gasteiger partial charge in [-0.3, -0.25) is 28.9 Å². The van der Waals surface area contributed by atoms with Gasteiger partial charge in [0.05, 0.1) is 25.7 Å². The van der Waals surface area contributed by atoms with E-state index < -0.39 is 29.9 Å². The molecule has 13 heteroatoms. The summed E-state index contributed by atoms with van der Waals surface area (Å²) in [7, 11) is 3.46. The molecule has 0 spiro atoms. The number of fused-ring (bicyclic) bond motifs is 17. The molecule has 0 aromatic heterocycles. The van der Waals surface area contributed by atoms with Crippen LogP contribution in [0.15, 0.2) is 48.5 Å². The van der Waals surface area contributed by atoms with Crippen molar-refractivity contribution in [2.45, 2.75) is 95.9 Å². The maximum absolute atomic E-state index is 14.2. The molecule has 288 valence electrons. The second-order valence-electron chi connectivity index (χ2n) is 15.3. The Labute approximate surface area is 312 Å². The predicted molar refractivity (Wildman–Crippen MR) is 200 cm³/mol. The molecule has 53 heavy (non-hydrogen) atoms. The van der Waals surface area contributed by atoms with Crippen LogP contribution in [-0.2, 0) is 36.8 Å². The van der Waals surface area contributed by atoms with Gasteiger partial charge in [-0.25, -0.2) is 0 Å². The number of nitrogens with one attached hydrogen (secondary N) is 4. The van der Waals surface area contributed by atoms with Crippen LogP contribution in [0.3, 0.4) is 0 Å². The SMILES string of the molecule is COc1ccc(C[C@@H]2NC(=O)[C@@H](NC(=O)[C@@H]3CCCN3C)Cc3ccc(cc3)OC[C@H](CC(C)C)NC(=O)CN(CC3CC3)C(=O)[C@@H](C)NC2=O)cc1. The molecule has 5 amide bonds. The van der Waals surface area contributed by atoms with Gasteiger partial charge in [0.2, 0.25) is 29.5 Å². The second kappa shape index (κ2) is 18.4. The van der Waals surface area contributed by atoms with Crippen LogP contribution in [0.5, 0.6) is 11.5 Å². The van der Waals surface area contributed by atoms with Gasteiger partial charge in [-0.15, -0.1) is 0 Å². The van der Waals surface area contributed by atoms with Crippen molar-refractivity contribution in [2.75, 3.05) is 40.4 Å². The standard InChI is InChI=1S/C40H56N6O7/c1-25(2)19-30-24-53-32-16-12-28(13-17-32)21-34(44-39(50)35-7-6-18-45(35)4)38(49)43-33(20-27-10-14-31(52-5)15-11-27)37(48)41-26(3)40(51)46(22-29-8-9-29)23-36(47)42-30/h10-17,25-26,29-30,33-35H,6-9,18-24H2,1-5H3,(H,41,48)(H,42,47)(H,43,49)(H,44,50)/t26-,30+,33+,34+,35+/m1/s1. The molecule has 2 bridgehead atoms. The average molecular weight is 733 g/mol. The molecular weight excluding hydrogens is 676 g/mol. The molecule has 2 aromatic rings. The fourth-order valence-electron chi connectivity index (χ4n) is 7.03. The maximum Gasteiger partial charge on any atom is 0.245 e. The summed E-state index contributed by atoms with van der Waals surface area (Å²) in [5.74, 6) is -0.179. The van der Waals surface area contributed by atoms with E-state index in [1.807, 2.05) is 36.2 Å². The minimum absolute atomic E-state index is 0.117. The van der Waals surface area contributed by atoms with Crippen LogP contribution in [0.4, 0.5) is 0 Å². The number of benzene rings is 2. The number of ether oxygens (including phenoxy) is 2. The Hall–Kier alpha value is -4.65. The third kappa shape index (κ3) is 11.7. The van der Waals surface area contributed by atoms with E-state index in [4.69, 9.17) is 9.47 Å². The Morgan fingerprint density at radius 1 is 0.962 bits per heavy atom. The average Bonchev–Trinajstić information content (AvgIpc) is 3.84. The largest absolute Gasteiger partial charge is 0.497 e. The zero-order chi connectivity index (χ0) is 38.1. The fourth-order valence-corrected chi connectivity index (χ4v) is 7.03. The van der Waals surface area contributed by atoms with Gasteiger partial charge < -0.3 is 35.6 Å². The lowest BCUT2D eigenvalue weighted by molar-refractivity contribution is -0.140. The smallest absolute Gasteiger partial charge is 0.245 e. The third-order valence-electron chi connectivity index (χ3n) is 10.2. The van der Waals surface area contributed by atoms with E-state index in [0.717, 1.165) is 36.9 Å². The number of methoxy groups -OCH3 is 1. The van der Waals surface area contributed by atoms with E-state index in [9.17, 15) is 24.0 Å². The number of likely N-dealkylation sites (tertiary alicyclic amines) is 1. The molecule has 13 nitrogen and oxygen atoms in total. The van der Waals surface area contributed by atoms with E-state index in [2.05, 4.69) is 35.1 Å². The van der Waals surface area contributed by atoms with Gasteiger partial charge in [-0.05, 0) is 99.8 Å². The normalized spacial score (nSPS) is 25.3. The van der Waals surface area contributed by atoms with Gasteiger partial charge in [-0.1, -0.05) is 38.1 Å². The van der Waals surface area contributed by atoms with Gasteiger partial charge in [-0.2, -0.15) is 0 Å². The summed E-state index contributed by atoms with van der Waals surface area (Å²) >= 11 is 0. The quantitative estimate of drug-likeness (QED) is 0.286.